The van der Waals surface area contributed by atoms with Crippen LogP contribution in [0.1, 0.15) is 34.1 Å². The van der Waals surface area contributed by atoms with E-state index in [1.807, 2.05) is 0 Å². The standard InChI is InChI=1S/C9H18/c1-5-7-9(6-2)8(3)4/h5,7-9H,6H2,1-4H3/b7-5+. The summed E-state index contributed by atoms with van der Waals surface area (Å²) >= 11 is 0. The largest absolute Gasteiger partial charge is 0.0914 e. The maximum absolute atomic E-state index is 2.30. The SMILES string of the molecule is C/C=C/C(CC)C(C)C. The van der Waals surface area contributed by atoms with Gasteiger partial charge in [-0.1, -0.05) is 32.9 Å². The second-order valence-corrected chi connectivity index (χ2v) is 2.84. The molecule has 0 aromatic rings. The quantitative estimate of drug-likeness (QED) is 0.509. The zero-order chi connectivity index (χ0) is 7.28. The monoisotopic (exact) mass is 126 g/mol. The molecule has 1 unspecified atom stereocenters. The summed E-state index contributed by atoms with van der Waals surface area (Å²) in [5.74, 6) is 1.58. The Kier molecular flexibility index (Phi) is 4.47. The molecule has 9 heavy (non-hydrogen) atoms. The molecular weight excluding hydrogens is 108 g/mol. The molecule has 0 nitrogen and oxygen atoms in total. The van der Waals surface area contributed by atoms with Gasteiger partial charge in [-0.05, 0) is 25.2 Å². The van der Waals surface area contributed by atoms with Gasteiger partial charge in [0.15, 0.2) is 0 Å². The van der Waals surface area contributed by atoms with E-state index in [4.69, 9.17) is 0 Å². The molecule has 0 heterocycles. The van der Waals surface area contributed by atoms with Crippen molar-refractivity contribution in [3.8, 4) is 0 Å². The van der Waals surface area contributed by atoms with Crippen LogP contribution < -0.4 is 0 Å². The van der Waals surface area contributed by atoms with Crippen LogP contribution in [0.4, 0.5) is 0 Å². The molecule has 0 saturated carbocycles. The van der Waals surface area contributed by atoms with Crippen LogP contribution in [0, 0.1) is 11.8 Å². The molecule has 0 radical (unpaired) electrons. The van der Waals surface area contributed by atoms with Gasteiger partial charge in [-0.3, -0.25) is 0 Å². The second-order valence-electron chi connectivity index (χ2n) is 2.84. The third kappa shape index (κ3) is 3.34. The molecule has 0 amide bonds. The molecule has 1 atom stereocenters. The van der Waals surface area contributed by atoms with Gasteiger partial charge in [0, 0.05) is 0 Å². The summed E-state index contributed by atoms with van der Waals surface area (Å²) in [4.78, 5) is 0. The molecule has 54 valence electrons. The number of hydrogen-bond donors (Lipinski definition) is 0. The van der Waals surface area contributed by atoms with Crippen LogP contribution in [0.15, 0.2) is 12.2 Å². The summed E-state index contributed by atoms with van der Waals surface area (Å²) in [6.07, 6.45) is 5.71. The van der Waals surface area contributed by atoms with Gasteiger partial charge in [-0.15, -0.1) is 0 Å². The lowest BCUT2D eigenvalue weighted by atomic mass is 9.93. The maximum Gasteiger partial charge on any atom is -0.0213 e. The normalized spacial score (nSPS) is 15.2. The van der Waals surface area contributed by atoms with Gasteiger partial charge in [-0.25, -0.2) is 0 Å². The Morgan fingerprint density at radius 2 is 1.89 bits per heavy atom. The van der Waals surface area contributed by atoms with Crippen molar-refractivity contribution >= 4 is 0 Å². The fraction of sp³-hybridized carbons (Fsp3) is 0.778. The molecule has 0 saturated heterocycles. The Labute approximate surface area is 59.0 Å². The van der Waals surface area contributed by atoms with Crippen molar-refractivity contribution < 1.29 is 0 Å². The Bertz CT molecular complexity index is 80.0. The molecule has 0 bridgehead atoms. The van der Waals surface area contributed by atoms with Crippen molar-refractivity contribution in [3.63, 3.8) is 0 Å². The third-order valence-corrected chi connectivity index (χ3v) is 1.77. The molecule has 0 heteroatoms. The van der Waals surface area contributed by atoms with Gasteiger partial charge in [0.05, 0.1) is 0 Å². The molecule has 0 N–H and O–H groups in total. The Morgan fingerprint density at radius 3 is 2.00 bits per heavy atom. The van der Waals surface area contributed by atoms with Crippen molar-refractivity contribution in [2.24, 2.45) is 11.8 Å². The third-order valence-electron chi connectivity index (χ3n) is 1.77. The molecule has 0 fully saturated rings. The van der Waals surface area contributed by atoms with Crippen molar-refractivity contribution in [2.45, 2.75) is 34.1 Å². The van der Waals surface area contributed by atoms with Crippen molar-refractivity contribution in [1.29, 1.82) is 0 Å². The minimum Gasteiger partial charge on any atom is -0.0914 e. The van der Waals surface area contributed by atoms with E-state index in [2.05, 4.69) is 39.8 Å². The highest BCUT2D eigenvalue weighted by molar-refractivity contribution is 4.86. The number of hydrogen-bond acceptors (Lipinski definition) is 0. The van der Waals surface area contributed by atoms with E-state index in [1.165, 1.54) is 6.42 Å². The first-order chi connectivity index (χ1) is 4.22. The fourth-order valence-corrected chi connectivity index (χ4v) is 1.08. The van der Waals surface area contributed by atoms with E-state index in [1.54, 1.807) is 0 Å². The maximum atomic E-state index is 2.30. The van der Waals surface area contributed by atoms with Gasteiger partial charge in [-0.2, -0.15) is 0 Å². The van der Waals surface area contributed by atoms with Crippen LogP contribution in [0.25, 0.3) is 0 Å². The first kappa shape index (κ1) is 8.74. The summed E-state index contributed by atoms with van der Waals surface area (Å²) in [6.45, 7) is 8.87. The predicted octanol–water partition coefficient (Wildman–Crippen LogP) is 3.24. The van der Waals surface area contributed by atoms with Gasteiger partial charge < -0.3 is 0 Å². The van der Waals surface area contributed by atoms with Gasteiger partial charge in [0.2, 0.25) is 0 Å². The van der Waals surface area contributed by atoms with Crippen LogP contribution in [-0.2, 0) is 0 Å². The van der Waals surface area contributed by atoms with Crippen LogP contribution >= 0.6 is 0 Å². The highest BCUT2D eigenvalue weighted by Crippen LogP contribution is 2.15. The topological polar surface area (TPSA) is 0 Å². The van der Waals surface area contributed by atoms with Crippen molar-refractivity contribution in [1.82, 2.24) is 0 Å². The van der Waals surface area contributed by atoms with E-state index in [0.717, 1.165) is 11.8 Å². The molecule has 0 aliphatic heterocycles. The van der Waals surface area contributed by atoms with E-state index in [9.17, 15) is 0 Å². The van der Waals surface area contributed by atoms with E-state index >= 15 is 0 Å². The summed E-state index contributed by atoms with van der Waals surface area (Å²) in [6, 6.07) is 0. The van der Waals surface area contributed by atoms with Crippen molar-refractivity contribution in [3.05, 3.63) is 12.2 Å². The highest BCUT2D eigenvalue weighted by atomic mass is 14.1. The molecule has 0 aliphatic carbocycles. The van der Waals surface area contributed by atoms with Gasteiger partial charge >= 0.3 is 0 Å². The summed E-state index contributed by atoms with van der Waals surface area (Å²) in [7, 11) is 0. The van der Waals surface area contributed by atoms with E-state index < -0.39 is 0 Å². The highest BCUT2D eigenvalue weighted by Gasteiger charge is 2.04. The predicted molar refractivity (Wildman–Crippen MR) is 43.4 cm³/mol. The lowest BCUT2D eigenvalue weighted by Crippen LogP contribution is -2.02. The Balaban J connectivity index is 3.68. The second kappa shape index (κ2) is 4.60. The van der Waals surface area contributed by atoms with Crippen LogP contribution in [0.2, 0.25) is 0 Å². The van der Waals surface area contributed by atoms with Gasteiger partial charge in [0.25, 0.3) is 0 Å². The summed E-state index contributed by atoms with van der Waals surface area (Å²) in [5, 5.41) is 0. The molecule has 0 rings (SSSR count). The first-order valence-electron chi connectivity index (χ1n) is 3.85. The van der Waals surface area contributed by atoms with E-state index in [-0.39, 0.29) is 0 Å². The molecule has 0 aliphatic rings. The zero-order valence-electron chi connectivity index (χ0n) is 7.02. The van der Waals surface area contributed by atoms with Crippen LogP contribution in [-0.4, -0.2) is 0 Å². The first-order valence-corrected chi connectivity index (χ1v) is 3.85. The van der Waals surface area contributed by atoms with Crippen LogP contribution in [0.5, 0.6) is 0 Å². The minimum atomic E-state index is 0.787. The van der Waals surface area contributed by atoms with Gasteiger partial charge in [0.1, 0.15) is 0 Å². The molecule has 0 aromatic carbocycles. The van der Waals surface area contributed by atoms with Crippen molar-refractivity contribution in [2.75, 3.05) is 0 Å². The average Bonchev–Trinajstić information content (AvgIpc) is 1.82. The molecule has 0 aromatic heterocycles. The summed E-state index contributed by atoms with van der Waals surface area (Å²) < 4.78 is 0. The summed E-state index contributed by atoms with van der Waals surface area (Å²) in [5.41, 5.74) is 0. The molecular formula is C9H18. The molecule has 0 spiro atoms. The van der Waals surface area contributed by atoms with E-state index in [0.29, 0.717) is 0 Å². The smallest absolute Gasteiger partial charge is 0.0213 e. The average molecular weight is 126 g/mol. The zero-order valence-corrected chi connectivity index (χ0v) is 7.02. The lowest BCUT2D eigenvalue weighted by Gasteiger charge is -2.13. The van der Waals surface area contributed by atoms with Crippen LogP contribution in [0.3, 0.4) is 0 Å². The Hall–Kier alpha value is -0.260. The minimum absolute atomic E-state index is 0.787. The number of allylic oxidation sites excluding steroid dienone is 2. The number of rotatable bonds is 3. The Morgan fingerprint density at radius 1 is 1.33 bits per heavy atom. The fourth-order valence-electron chi connectivity index (χ4n) is 1.08. The lowest BCUT2D eigenvalue weighted by molar-refractivity contribution is 0.453.